The molecule has 6 nitrogen and oxygen atoms in total. The SMILES string of the molecule is C=CCOC(=O)[C@](C)(CNC(=O)OC)OCC=C. The second-order valence-electron chi connectivity index (χ2n) is 3.56. The van der Waals surface area contributed by atoms with E-state index >= 15 is 0 Å². The maximum atomic E-state index is 11.8. The molecule has 0 rings (SSSR count). The quantitative estimate of drug-likeness (QED) is 0.519. The fourth-order valence-electron chi connectivity index (χ4n) is 1.03. The number of esters is 1. The maximum Gasteiger partial charge on any atom is 0.406 e. The summed E-state index contributed by atoms with van der Waals surface area (Å²) in [5.74, 6) is -0.597. The van der Waals surface area contributed by atoms with Gasteiger partial charge in [-0.25, -0.2) is 9.59 Å². The lowest BCUT2D eigenvalue weighted by atomic mass is 10.1. The smallest absolute Gasteiger partial charge is 0.406 e. The molecule has 0 radical (unpaired) electrons. The van der Waals surface area contributed by atoms with Gasteiger partial charge in [-0.2, -0.15) is 0 Å². The molecular formula is C12H19NO5. The zero-order valence-corrected chi connectivity index (χ0v) is 10.7. The highest BCUT2D eigenvalue weighted by Gasteiger charge is 2.36. The lowest BCUT2D eigenvalue weighted by Gasteiger charge is -2.26. The van der Waals surface area contributed by atoms with Crippen LogP contribution in [0.5, 0.6) is 0 Å². The molecule has 0 aliphatic rings. The van der Waals surface area contributed by atoms with Gasteiger partial charge in [0.1, 0.15) is 6.61 Å². The minimum atomic E-state index is -1.30. The molecule has 0 aliphatic carbocycles. The van der Waals surface area contributed by atoms with Gasteiger partial charge in [0.2, 0.25) is 0 Å². The normalized spacial score (nSPS) is 13.0. The molecule has 0 saturated carbocycles. The number of methoxy groups -OCH3 is 1. The second kappa shape index (κ2) is 8.30. The first-order chi connectivity index (χ1) is 8.50. The zero-order chi connectivity index (χ0) is 14.0. The summed E-state index contributed by atoms with van der Waals surface area (Å²) in [4.78, 5) is 22.8. The van der Waals surface area contributed by atoms with Crippen LogP contribution in [0.1, 0.15) is 6.92 Å². The Morgan fingerprint density at radius 3 is 2.39 bits per heavy atom. The van der Waals surface area contributed by atoms with Gasteiger partial charge < -0.3 is 19.5 Å². The molecule has 1 atom stereocenters. The van der Waals surface area contributed by atoms with E-state index in [4.69, 9.17) is 9.47 Å². The summed E-state index contributed by atoms with van der Waals surface area (Å²) in [6, 6.07) is 0. The lowest BCUT2D eigenvalue weighted by Crippen LogP contribution is -2.49. The van der Waals surface area contributed by atoms with E-state index in [9.17, 15) is 9.59 Å². The van der Waals surface area contributed by atoms with E-state index in [1.54, 1.807) is 0 Å². The van der Waals surface area contributed by atoms with Crippen LogP contribution in [-0.4, -0.2) is 44.5 Å². The highest BCUT2D eigenvalue weighted by Crippen LogP contribution is 2.12. The number of carbonyl (C=O) groups is 2. The number of alkyl carbamates (subject to hydrolysis) is 1. The Bertz CT molecular complexity index is 316. The molecule has 0 saturated heterocycles. The van der Waals surface area contributed by atoms with E-state index in [0.29, 0.717) is 0 Å². The van der Waals surface area contributed by atoms with Crippen LogP contribution < -0.4 is 5.32 Å². The van der Waals surface area contributed by atoms with Crippen molar-refractivity contribution in [3.63, 3.8) is 0 Å². The first-order valence-electron chi connectivity index (χ1n) is 5.35. The van der Waals surface area contributed by atoms with E-state index in [1.165, 1.54) is 26.2 Å². The summed E-state index contributed by atoms with van der Waals surface area (Å²) in [6.45, 7) is 8.61. The Kier molecular flexibility index (Phi) is 7.46. The van der Waals surface area contributed by atoms with Crippen LogP contribution in [0.2, 0.25) is 0 Å². The first kappa shape index (κ1) is 16.2. The van der Waals surface area contributed by atoms with Gasteiger partial charge in [-0.3, -0.25) is 0 Å². The molecule has 0 spiro atoms. The van der Waals surface area contributed by atoms with Gasteiger partial charge in [-0.1, -0.05) is 18.7 Å². The lowest BCUT2D eigenvalue weighted by molar-refractivity contribution is -0.167. The third-order valence-electron chi connectivity index (χ3n) is 2.04. The van der Waals surface area contributed by atoms with Gasteiger partial charge in [0.25, 0.3) is 0 Å². The minimum Gasteiger partial charge on any atom is -0.459 e. The highest BCUT2D eigenvalue weighted by molar-refractivity contribution is 5.80. The minimum absolute atomic E-state index is 0.0660. The number of hydrogen-bond acceptors (Lipinski definition) is 5. The molecule has 0 aromatic rings. The molecule has 102 valence electrons. The van der Waals surface area contributed by atoms with Crippen molar-refractivity contribution in [3.8, 4) is 0 Å². The molecule has 0 bridgehead atoms. The Balaban J connectivity index is 4.58. The second-order valence-corrected chi connectivity index (χ2v) is 3.56. The highest BCUT2D eigenvalue weighted by atomic mass is 16.6. The van der Waals surface area contributed by atoms with Gasteiger partial charge in [-0.05, 0) is 6.92 Å². The van der Waals surface area contributed by atoms with Crippen molar-refractivity contribution in [2.75, 3.05) is 26.9 Å². The molecule has 0 aromatic heterocycles. The Morgan fingerprint density at radius 2 is 1.89 bits per heavy atom. The summed E-state index contributed by atoms with van der Waals surface area (Å²) in [6.07, 6.45) is 2.29. The van der Waals surface area contributed by atoms with E-state index in [1.807, 2.05) is 0 Å². The molecule has 1 amide bonds. The average Bonchev–Trinajstić information content (AvgIpc) is 2.39. The first-order valence-corrected chi connectivity index (χ1v) is 5.35. The van der Waals surface area contributed by atoms with Gasteiger partial charge in [0.15, 0.2) is 5.60 Å². The largest absolute Gasteiger partial charge is 0.459 e. The predicted molar refractivity (Wildman–Crippen MR) is 66.1 cm³/mol. The van der Waals surface area contributed by atoms with Crippen LogP contribution in [-0.2, 0) is 19.0 Å². The molecule has 0 unspecified atom stereocenters. The number of amides is 1. The van der Waals surface area contributed by atoms with Crippen molar-refractivity contribution in [1.82, 2.24) is 5.32 Å². The van der Waals surface area contributed by atoms with Gasteiger partial charge in [0.05, 0.1) is 20.3 Å². The molecule has 1 N–H and O–H groups in total. The number of ether oxygens (including phenoxy) is 3. The average molecular weight is 257 g/mol. The molecule has 0 fully saturated rings. The van der Waals surface area contributed by atoms with Crippen LogP contribution in [0.25, 0.3) is 0 Å². The standard InChI is InChI=1S/C12H19NO5/c1-5-7-17-10(14)12(3,18-8-6-2)9-13-11(15)16-4/h5-6H,1-2,7-9H2,3-4H3,(H,13,15)/t12-/m0/s1. The Labute approximate surface area is 107 Å². The van der Waals surface area contributed by atoms with E-state index in [2.05, 4.69) is 23.2 Å². The predicted octanol–water partition coefficient (Wildman–Crippen LogP) is 1.03. The third kappa shape index (κ3) is 5.49. The fraction of sp³-hybridized carbons (Fsp3) is 0.500. The van der Waals surface area contributed by atoms with Crippen LogP contribution in [0.3, 0.4) is 0 Å². The maximum absolute atomic E-state index is 11.8. The number of nitrogens with one attached hydrogen (secondary N) is 1. The molecule has 0 heterocycles. The summed E-state index contributed by atoms with van der Waals surface area (Å²) < 4.78 is 14.7. The molecule has 18 heavy (non-hydrogen) atoms. The zero-order valence-electron chi connectivity index (χ0n) is 10.7. The topological polar surface area (TPSA) is 73.9 Å². The van der Waals surface area contributed by atoms with Gasteiger partial charge in [0, 0.05) is 0 Å². The van der Waals surface area contributed by atoms with Crippen LogP contribution >= 0.6 is 0 Å². The number of rotatable bonds is 8. The van der Waals surface area contributed by atoms with Crippen LogP contribution in [0.15, 0.2) is 25.3 Å². The fourth-order valence-corrected chi connectivity index (χ4v) is 1.03. The number of carbonyl (C=O) groups excluding carboxylic acids is 2. The van der Waals surface area contributed by atoms with Crippen molar-refractivity contribution in [2.45, 2.75) is 12.5 Å². The van der Waals surface area contributed by atoms with Crippen molar-refractivity contribution >= 4 is 12.1 Å². The summed E-state index contributed by atoms with van der Waals surface area (Å²) in [7, 11) is 1.23. The van der Waals surface area contributed by atoms with E-state index in [-0.39, 0.29) is 19.8 Å². The Hall–Kier alpha value is -1.82. The third-order valence-corrected chi connectivity index (χ3v) is 2.04. The molecule has 0 aliphatic heterocycles. The van der Waals surface area contributed by atoms with Gasteiger partial charge in [-0.15, -0.1) is 6.58 Å². The number of hydrogen-bond donors (Lipinski definition) is 1. The van der Waals surface area contributed by atoms with E-state index in [0.717, 1.165) is 0 Å². The summed E-state index contributed by atoms with van der Waals surface area (Å²) in [5, 5.41) is 2.39. The van der Waals surface area contributed by atoms with Crippen molar-refractivity contribution in [3.05, 3.63) is 25.3 Å². The van der Waals surface area contributed by atoms with Crippen LogP contribution in [0, 0.1) is 0 Å². The molecule has 6 heteroatoms. The summed E-state index contributed by atoms with van der Waals surface area (Å²) in [5.41, 5.74) is -1.30. The van der Waals surface area contributed by atoms with Crippen molar-refractivity contribution in [1.29, 1.82) is 0 Å². The van der Waals surface area contributed by atoms with Crippen molar-refractivity contribution < 1.29 is 23.8 Å². The van der Waals surface area contributed by atoms with E-state index < -0.39 is 17.7 Å². The van der Waals surface area contributed by atoms with Gasteiger partial charge >= 0.3 is 12.1 Å². The Morgan fingerprint density at radius 1 is 1.28 bits per heavy atom. The van der Waals surface area contributed by atoms with Crippen LogP contribution in [0.4, 0.5) is 4.79 Å². The molecular weight excluding hydrogens is 238 g/mol. The van der Waals surface area contributed by atoms with Crippen molar-refractivity contribution in [2.24, 2.45) is 0 Å². The summed E-state index contributed by atoms with van der Waals surface area (Å²) >= 11 is 0. The monoisotopic (exact) mass is 257 g/mol. The molecule has 0 aromatic carbocycles.